The summed E-state index contributed by atoms with van der Waals surface area (Å²) >= 11 is 3.56. The second kappa shape index (κ2) is 8.21. The number of hydrogen-bond acceptors (Lipinski definition) is 4. The molecule has 1 aliphatic heterocycles. The van der Waals surface area contributed by atoms with Crippen molar-refractivity contribution in [2.24, 2.45) is 5.73 Å². The molecule has 2 aromatic carbocycles. The Kier molecular flexibility index (Phi) is 6.52. The van der Waals surface area contributed by atoms with Crippen LogP contribution in [0.25, 0.3) is 0 Å². The number of phenols is 1. The number of likely N-dealkylation sites (tertiary alicyclic amines) is 1. The van der Waals surface area contributed by atoms with Crippen molar-refractivity contribution in [3.63, 3.8) is 0 Å². The molecule has 1 fully saturated rings. The molecule has 0 amide bonds. The van der Waals surface area contributed by atoms with Crippen LogP contribution in [0.4, 0.5) is 0 Å². The normalized spacial score (nSPS) is 20.6. The van der Waals surface area contributed by atoms with Crippen LogP contribution in [0.2, 0.25) is 0 Å². The molecular weight excluding hydrogens is 392 g/mol. The highest BCUT2D eigenvalue weighted by molar-refractivity contribution is 9.10. The molecule has 0 unspecified atom stereocenters. The maximum absolute atomic E-state index is 9.98. The first-order chi connectivity index (χ1) is 11.1. The van der Waals surface area contributed by atoms with E-state index in [4.69, 9.17) is 10.5 Å². The van der Waals surface area contributed by atoms with Crippen LogP contribution in [0.1, 0.15) is 17.0 Å². The van der Waals surface area contributed by atoms with Gasteiger partial charge in [0.05, 0.1) is 7.11 Å². The molecule has 6 heteroatoms. The van der Waals surface area contributed by atoms with Gasteiger partial charge in [-0.15, -0.1) is 12.4 Å². The molecule has 3 N–H and O–H groups in total. The van der Waals surface area contributed by atoms with Gasteiger partial charge in [-0.1, -0.05) is 46.3 Å². The third-order valence-corrected chi connectivity index (χ3v) is 5.15. The highest BCUT2D eigenvalue weighted by Gasteiger charge is 2.31. The van der Waals surface area contributed by atoms with Crippen LogP contribution >= 0.6 is 28.3 Å². The van der Waals surface area contributed by atoms with E-state index in [0.717, 1.165) is 29.7 Å². The lowest BCUT2D eigenvalue weighted by Gasteiger charge is -2.18. The van der Waals surface area contributed by atoms with Gasteiger partial charge in [0.15, 0.2) is 11.5 Å². The van der Waals surface area contributed by atoms with Crippen molar-refractivity contribution in [1.82, 2.24) is 4.90 Å². The van der Waals surface area contributed by atoms with Gasteiger partial charge in [0.1, 0.15) is 0 Å². The van der Waals surface area contributed by atoms with Gasteiger partial charge in [-0.2, -0.15) is 0 Å². The van der Waals surface area contributed by atoms with E-state index in [1.165, 1.54) is 5.56 Å². The molecular formula is C18H22BrClN2O2. The first kappa shape index (κ1) is 19.1. The molecule has 1 aliphatic rings. The molecule has 3 rings (SSSR count). The minimum atomic E-state index is 0. The second-order valence-electron chi connectivity index (χ2n) is 5.99. The predicted octanol–water partition coefficient (Wildman–Crippen LogP) is 3.51. The Morgan fingerprint density at radius 2 is 1.96 bits per heavy atom. The molecule has 2 aromatic rings. The highest BCUT2D eigenvalue weighted by atomic mass is 79.9. The fourth-order valence-corrected chi connectivity index (χ4v) is 3.66. The fourth-order valence-electron chi connectivity index (χ4n) is 3.21. The number of hydrogen-bond donors (Lipinski definition) is 2. The van der Waals surface area contributed by atoms with Crippen LogP contribution in [0.3, 0.4) is 0 Å². The lowest BCUT2D eigenvalue weighted by molar-refractivity contribution is 0.321. The Morgan fingerprint density at radius 1 is 1.25 bits per heavy atom. The maximum atomic E-state index is 9.98. The van der Waals surface area contributed by atoms with Crippen molar-refractivity contribution in [1.29, 1.82) is 0 Å². The van der Waals surface area contributed by atoms with Crippen molar-refractivity contribution in [3.8, 4) is 11.5 Å². The molecule has 0 aromatic heterocycles. The summed E-state index contributed by atoms with van der Waals surface area (Å²) in [6.07, 6.45) is 0. The zero-order chi connectivity index (χ0) is 16.4. The van der Waals surface area contributed by atoms with Gasteiger partial charge < -0.3 is 15.6 Å². The molecule has 0 spiro atoms. The van der Waals surface area contributed by atoms with E-state index in [2.05, 4.69) is 45.1 Å². The maximum Gasteiger partial charge on any atom is 0.161 e. The molecule has 1 saturated heterocycles. The van der Waals surface area contributed by atoms with Crippen molar-refractivity contribution in [2.45, 2.75) is 18.5 Å². The Labute approximate surface area is 157 Å². The minimum absolute atomic E-state index is 0. The van der Waals surface area contributed by atoms with E-state index < -0.39 is 0 Å². The zero-order valence-electron chi connectivity index (χ0n) is 13.5. The van der Waals surface area contributed by atoms with Gasteiger partial charge >= 0.3 is 0 Å². The van der Waals surface area contributed by atoms with Gasteiger partial charge in [0, 0.05) is 36.1 Å². The van der Waals surface area contributed by atoms with Crippen LogP contribution in [-0.2, 0) is 6.54 Å². The molecule has 1 heterocycles. The Balaban J connectivity index is 0.00000208. The fraction of sp³-hybridized carbons (Fsp3) is 0.333. The van der Waals surface area contributed by atoms with E-state index in [-0.39, 0.29) is 24.2 Å². The van der Waals surface area contributed by atoms with Crippen molar-refractivity contribution < 1.29 is 9.84 Å². The first-order valence-corrected chi connectivity index (χ1v) is 8.46. The minimum Gasteiger partial charge on any atom is -0.504 e. The van der Waals surface area contributed by atoms with Crippen LogP contribution in [0.15, 0.2) is 46.9 Å². The van der Waals surface area contributed by atoms with Crippen molar-refractivity contribution in [3.05, 3.63) is 58.1 Å². The summed E-state index contributed by atoms with van der Waals surface area (Å²) in [4.78, 5) is 2.33. The zero-order valence-corrected chi connectivity index (χ0v) is 15.9. The Bertz CT molecular complexity index is 684. The lowest BCUT2D eigenvalue weighted by atomic mass is 9.95. The molecule has 130 valence electrons. The molecule has 0 saturated carbocycles. The standard InChI is InChI=1S/C18H21BrN2O2.ClH/c1-23-18-8-15(19)13(7-17(18)22)9-21-10-14(16(20)11-21)12-5-3-2-4-6-12;/h2-8,14,16,22H,9-11,20H2,1H3;1H/t14-,16+;/m0./s1. The molecule has 0 bridgehead atoms. The smallest absolute Gasteiger partial charge is 0.161 e. The van der Waals surface area contributed by atoms with Crippen LogP contribution < -0.4 is 10.5 Å². The third kappa shape index (κ3) is 4.03. The predicted molar refractivity (Wildman–Crippen MR) is 102 cm³/mol. The summed E-state index contributed by atoms with van der Waals surface area (Å²) in [6, 6.07) is 14.1. The number of phenolic OH excluding ortho intramolecular Hbond substituents is 1. The highest BCUT2D eigenvalue weighted by Crippen LogP contribution is 2.34. The Hall–Kier alpha value is -1.27. The molecule has 0 aliphatic carbocycles. The topological polar surface area (TPSA) is 58.7 Å². The lowest BCUT2D eigenvalue weighted by Crippen LogP contribution is -2.28. The largest absolute Gasteiger partial charge is 0.504 e. The van der Waals surface area contributed by atoms with E-state index in [1.54, 1.807) is 19.2 Å². The van der Waals surface area contributed by atoms with Crippen molar-refractivity contribution >= 4 is 28.3 Å². The molecule has 0 radical (unpaired) electrons. The van der Waals surface area contributed by atoms with Gasteiger partial charge in [-0.3, -0.25) is 4.90 Å². The van der Waals surface area contributed by atoms with Gasteiger partial charge in [0.2, 0.25) is 0 Å². The number of rotatable bonds is 4. The number of benzene rings is 2. The van der Waals surface area contributed by atoms with Crippen LogP contribution in [0.5, 0.6) is 11.5 Å². The average molecular weight is 414 g/mol. The van der Waals surface area contributed by atoms with E-state index in [9.17, 15) is 5.11 Å². The molecule has 2 atom stereocenters. The van der Waals surface area contributed by atoms with E-state index >= 15 is 0 Å². The number of nitrogens with two attached hydrogens (primary N) is 1. The van der Waals surface area contributed by atoms with E-state index in [1.807, 2.05) is 6.07 Å². The van der Waals surface area contributed by atoms with E-state index in [0.29, 0.717) is 11.7 Å². The molecule has 4 nitrogen and oxygen atoms in total. The van der Waals surface area contributed by atoms with Gasteiger partial charge in [-0.05, 0) is 23.3 Å². The first-order valence-electron chi connectivity index (χ1n) is 7.66. The summed E-state index contributed by atoms with van der Waals surface area (Å²) in [5.41, 5.74) is 8.67. The average Bonchev–Trinajstić information content (AvgIpc) is 2.92. The quantitative estimate of drug-likeness (QED) is 0.805. The summed E-state index contributed by atoms with van der Waals surface area (Å²) in [7, 11) is 1.55. The second-order valence-corrected chi connectivity index (χ2v) is 6.84. The SMILES string of the molecule is COc1cc(Br)c(CN2C[C@@H](N)[C@H](c3ccccc3)C2)cc1O.Cl. The van der Waals surface area contributed by atoms with Crippen LogP contribution in [0, 0.1) is 0 Å². The number of halogens is 2. The van der Waals surface area contributed by atoms with Crippen LogP contribution in [-0.4, -0.2) is 36.2 Å². The number of nitrogens with zero attached hydrogens (tertiary/aromatic N) is 1. The molecule has 24 heavy (non-hydrogen) atoms. The Morgan fingerprint density at radius 3 is 2.62 bits per heavy atom. The third-order valence-electron chi connectivity index (χ3n) is 4.41. The summed E-state index contributed by atoms with van der Waals surface area (Å²) < 4.78 is 6.06. The monoisotopic (exact) mass is 412 g/mol. The summed E-state index contributed by atoms with van der Waals surface area (Å²) in [6.45, 7) is 2.51. The van der Waals surface area contributed by atoms with Gasteiger partial charge in [0.25, 0.3) is 0 Å². The summed E-state index contributed by atoms with van der Waals surface area (Å²) in [5, 5.41) is 9.98. The number of aromatic hydroxyl groups is 1. The summed E-state index contributed by atoms with van der Waals surface area (Å²) in [5.74, 6) is 0.983. The number of ether oxygens (including phenoxy) is 1. The number of methoxy groups -OCH3 is 1. The van der Waals surface area contributed by atoms with Gasteiger partial charge in [-0.25, -0.2) is 0 Å². The van der Waals surface area contributed by atoms with Crippen molar-refractivity contribution in [2.75, 3.05) is 20.2 Å².